The van der Waals surface area contributed by atoms with E-state index in [1.54, 1.807) is 0 Å². The minimum Gasteiger partial charge on any atom is -0.416 e. The van der Waals surface area contributed by atoms with Crippen LogP contribution in [0.4, 0.5) is 0 Å². The third-order valence-corrected chi connectivity index (χ3v) is 8.51. The highest BCUT2D eigenvalue weighted by Gasteiger charge is 2.30. The number of benzene rings is 2. The fraction of sp³-hybridized carbons (Fsp3) is 0.538. The lowest BCUT2D eigenvalue weighted by Gasteiger charge is -2.28. The maximum Gasteiger partial charge on any atom is 0.430 e. The van der Waals surface area contributed by atoms with E-state index in [9.17, 15) is 4.57 Å². The van der Waals surface area contributed by atoms with Crippen molar-refractivity contribution in [2.45, 2.75) is 83.0 Å². The molecule has 0 spiro atoms. The molecule has 4 rings (SSSR count). The first-order chi connectivity index (χ1) is 14.7. The first-order valence-electron chi connectivity index (χ1n) is 11.8. The standard InChI is InChI=1S/C26H35O3P/c1-2-30(27,28-25-19-11-9-17-23(25)21-13-5-3-6-14-21)29-26-20-12-10-18-24(26)22-15-7-4-8-16-22/h9-12,17-22H,2-8,13-16H2,1H3. The SMILES string of the molecule is CCP(=O)(Oc1ccccc1C1CCCCC1)Oc1ccccc1C1CCCCC1. The smallest absolute Gasteiger partial charge is 0.416 e. The molecule has 2 aromatic rings. The molecule has 4 heteroatoms. The van der Waals surface area contributed by atoms with Crippen molar-refractivity contribution in [2.75, 3.05) is 6.16 Å². The van der Waals surface area contributed by atoms with Crippen LogP contribution in [0.5, 0.6) is 11.5 Å². The average molecular weight is 427 g/mol. The van der Waals surface area contributed by atoms with Crippen molar-refractivity contribution in [3.05, 3.63) is 59.7 Å². The molecule has 0 heterocycles. The predicted molar refractivity (Wildman–Crippen MR) is 124 cm³/mol. The molecule has 0 unspecified atom stereocenters. The van der Waals surface area contributed by atoms with Crippen molar-refractivity contribution in [3.63, 3.8) is 0 Å². The summed E-state index contributed by atoms with van der Waals surface area (Å²) < 4.78 is 26.2. The monoisotopic (exact) mass is 426 g/mol. The van der Waals surface area contributed by atoms with Crippen molar-refractivity contribution in [2.24, 2.45) is 0 Å². The van der Waals surface area contributed by atoms with Gasteiger partial charge in [0.15, 0.2) is 0 Å². The molecule has 0 bridgehead atoms. The summed E-state index contributed by atoms with van der Waals surface area (Å²) in [6.07, 6.45) is 12.7. The van der Waals surface area contributed by atoms with Crippen LogP contribution in [0, 0.1) is 0 Å². The Hall–Kier alpha value is -1.73. The zero-order valence-corrected chi connectivity index (χ0v) is 19.1. The van der Waals surface area contributed by atoms with Crippen LogP contribution in [0.3, 0.4) is 0 Å². The summed E-state index contributed by atoms with van der Waals surface area (Å²) in [6, 6.07) is 16.3. The van der Waals surface area contributed by atoms with Gasteiger partial charge < -0.3 is 9.05 Å². The van der Waals surface area contributed by atoms with Crippen LogP contribution >= 0.6 is 7.60 Å². The zero-order valence-electron chi connectivity index (χ0n) is 18.2. The van der Waals surface area contributed by atoms with E-state index >= 15 is 0 Å². The molecule has 162 valence electrons. The summed E-state index contributed by atoms with van der Waals surface area (Å²) in [4.78, 5) is 0. The lowest BCUT2D eigenvalue weighted by Crippen LogP contribution is -2.11. The van der Waals surface area contributed by atoms with Gasteiger partial charge >= 0.3 is 7.60 Å². The Labute approximate surface area is 181 Å². The van der Waals surface area contributed by atoms with Crippen molar-refractivity contribution in [1.29, 1.82) is 0 Å². The van der Waals surface area contributed by atoms with Crippen LogP contribution < -0.4 is 9.05 Å². The average Bonchev–Trinajstić information content (AvgIpc) is 2.81. The summed E-state index contributed by atoms with van der Waals surface area (Å²) in [5, 5.41) is 0. The second kappa shape index (κ2) is 10.1. The van der Waals surface area contributed by atoms with Gasteiger partial charge in [-0.3, -0.25) is 0 Å². The highest BCUT2D eigenvalue weighted by molar-refractivity contribution is 7.54. The Kier molecular flexibility index (Phi) is 7.20. The summed E-state index contributed by atoms with van der Waals surface area (Å²) >= 11 is 0. The first kappa shape index (κ1) is 21.5. The Morgan fingerprint density at radius 3 is 1.50 bits per heavy atom. The third-order valence-electron chi connectivity index (χ3n) is 6.79. The fourth-order valence-corrected chi connectivity index (χ4v) is 6.30. The van der Waals surface area contributed by atoms with Gasteiger partial charge in [-0.2, -0.15) is 0 Å². The zero-order chi connectivity index (χ0) is 20.8. The lowest BCUT2D eigenvalue weighted by molar-refractivity contribution is 0.372. The second-order valence-electron chi connectivity index (χ2n) is 8.86. The van der Waals surface area contributed by atoms with Gasteiger partial charge in [0.25, 0.3) is 0 Å². The quantitative estimate of drug-likeness (QED) is 0.417. The van der Waals surface area contributed by atoms with Gasteiger partial charge in [-0.1, -0.05) is 81.8 Å². The molecule has 0 atom stereocenters. The molecule has 2 saturated carbocycles. The van der Waals surface area contributed by atoms with Gasteiger partial charge in [0, 0.05) is 0 Å². The Morgan fingerprint density at radius 2 is 1.10 bits per heavy atom. The summed E-state index contributed by atoms with van der Waals surface area (Å²) in [6.45, 7) is 1.90. The minimum atomic E-state index is -3.30. The van der Waals surface area contributed by atoms with E-state index in [0.717, 1.165) is 11.5 Å². The molecule has 2 fully saturated rings. The van der Waals surface area contributed by atoms with E-state index in [2.05, 4.69) is 24.3 Å². The Bertz CT molecular complexity index is 799. The van der Waals surface area contributed by atoms with E-state index in [1.165, 1.54) is 75.3 Å². The van der Waals surface area contributed by atoms with Gasteiger partial charge in [-0.15, -0.1) is 0 Å². The highest BCUT2D eigenvalue weighted by Crippen LogP contribution is 2.52. The summed E-state index contributed by atoms with van der Waals surface area (Å²) in [5.41, 5.74) is 2.38. The van der Waals surface area contributed by atoms with E-state index in [4.69, 9.17) is 9.05 Å². The van der Waals surface area contributed by atoms with E-state index in [0.29, 0.717) is 18.0 Å². The van der Waals surface area contributed by atoms with Gasteiger partial charge in [0.1, 0.15) is 11.5 Å². The van der Waals surface area contributed by atoms with E-state index < -0.39 is 7.60 Å². The molecule has 2 aliphatic carbocycles. The topological polar surface area (TPSA) is 35.5 Å². The van der Waals surface area contributed by atoms with E-state index in [-0.39, 0.29) is 0 Å². The molecular weight excluding hydrogens is 391 g/mol. The molecule has 0 aliphatic heterocycles. The summed E-state index contributed by atoms with van der Waals surface area (Å²) in [7, 11) is -3.30. The number of hydrogen-bond donors (Lipinski definition) is 0. The maximum atomic E-state index is 13.7. The van der Waals surface area contributed by atoms with Crippen molar-refractivity contribution in [1.82, 2.24) is 0 Å². The molecule has 0 saturated heterocycles. The minimum absolute atomic E-state index is 0.352. The van der Waals surface area contributed by atoms with Gasteiger partial charge in [-0.05, 0) is 60.8 Å². The molecule has 0 radical (unpaired) electrons. The van der Waals surface area contributed by atoms with Gasteiger partial charge in [0.2, 0.25) is 0 Å². The molecular formula is C26H35O3P. The van der Waals surface area contributed by atoms with Crippen LogP contribution in [0.2, 0.25) is 0 Å². The largest absolute Gasteiger partial charge is 0.430 e. The van der Waals surface area contributed by atoms with Gasteiger partial charge in [0.05, 0.1) is 6.16 Å². The molecule has 3 nitrogen and oxygen atoms in total. The molecule has 30 heavy (non-hydrogen) atoms. The predicted octanol–water partition coefficient (Wildman–Crippen LogP) is 8.45. The number of hydrogen-bond acceptors (Lipinski definition) is 3. The number of para-hydroxylation sites is 2. The second-order valence-corrected chi connectivity index (χ2v) is 11.1. The van der Waals surface area contributed by atoms with Crippen LogP contribution in [0.25, 0.3) is 0 Å². The molecule has 2 aliphatic rings. The van der Waals surface area contributed by atoms with Crippen molar-refractivity contribution >= 4 is 7.60 Å². The Morgan fingerprint density at radius 1 is 0.700 bits per heavy atom. The summed E-state index contributed by atoms with van der Waals surface area (Å²) in [5.74, 6) is 2.47. The molecule has 2 aromatic carbocycles. The van der Waals surface area contributed by atoms with Gasteiger partial charge in [-0.25, -0.2) is 4.57 Å². The third kappa shape index (κ3) is 5.11. The molecule has 0 amide bonds. The normalized spacial score (nSPS) is 18.8. The van der Waals surface area contributed by atoms with Crippen LogP contribution in [0.1, 0.15) is 94.1 Å². The Balaban J connectivity index is 1.57. The number of rotatable bonds is 7. The fourth-order valence-electron chi connectivity index (χ4n) is 5.08. The van der Waals surface area contributed by atoms with Crippen molar-refractivity contribution in [3.8, 4) is 11.5 Å². The van der Waals surface area contributed by atoms with E-state index in [1.807, 2.05) is 31.2 Å². The maximum absolute atomic E-state index is 13.7. The molecule has 0 aromatic heterocycles. The lowest BCUT2D eigenvalue weighted by atomic mass is 9.84. The van der Waals surface area contributed by atoms with Crippen LogP contribution in [0.15, 0.2) is 48.5 Å². The highest BCUT2D eigenvalue weighted by atomic mass is 31.2. The molecule has 0 N–H and O–H groups in total. The van der Waals surface area contributed by atoms with Crippen LogP contribution in [-0.4, -0.2) is 6.16 Å². The van der Waals surface area contributed by atoms with Crippen LogP contribution in [-0.2, 0) is 4.57 Å². The first-order valence-corrected chi connectivity index (χ1v) is 13.6. The van der Waals surface area contributed by atoms with Crippen molar-refractivity contribution < 1.29 is 13.6 Å².